The molecule has 1 N–H and O–H groups in total. The van der Waals surface area contributed by atoms with Crippen LogP contribution in [0.1, 0.15) is 15.9 Å². The molecule has 1 saturated heterocycles. The largest absolute Gasteiger partial charge is 0.369 e. The summed E-state index contributed by atoms with van der Waals surface area (Å²) in [4.78, 5) is 17.2. The quantitative estimate of drug-likeness (QED) is 0.491. The number of carbonyl (C=O) groups is 1. The number of nitrogens with one attached hydrogen (secondary N) is 1. The van der Waals surface area contributed by atoms with Crippen molar-refractivity contribution in [1.82, 2.24) is 13.6 Å². The first-order valence-electron chi connectivity index (χ1n) is 10.5. The van der Waals surface area contributed by atoms with Crippen LogP contribution < -0.4 is 10.2 Å². The molecule has 162 valence electrons. The average Bonchev–Trinajstić information content (AvgIpc) is 3.30. The first-order chi connectivity index (χ1) is 15.7. The Hall–Kier alpha value is -3.36. The molecule has 0 radical (unpaired) electrons. The van der Waals surface area contributed by atoms with E-state index in [0.717, 1.165) is 65.9 Å². The molecule has 1 amide bonds. The summed E-state index contributed by atoms with van der Waals surface area (Å²) in [5.41, 5.74) is 4.68. The number of benzene rings is 3. The van der Waals surface area contributed by atoms with E-state index >= 15 is 0 Å². The van der Waals surface area contributed by atoms with Gasteiger partial charge in [0.25, 0.3) is 5.91 Å². The molecular formula is C24H22FN5OS. The fourth-order valence-electron chi connectivity index (χ4n) is 3.91. The zero-order chi connectivity index (χ0) is 21.9. The fraction of sp³-hybridized carbons (Fsp3) is 0.208. The summed E-state index contributed by atoms with van der Waals surface area (Å²) in [6.45, 7) is 4.14. The van der Waals surface area contributed by atoms with Crippen molar-refractivity contribution in [3.8, 4) is 0 Å². The van der Waals surface area contributed by atoms with Crippen LogP contribution in [0.2, 0.25) is 0 Å². The molecule has 0 atom stereocenters. The van der Waals surface area contributed by atoms with Crippen molar-refractivity contribution in [2.45, 2.75) is 6.54 Å². The van der Waals surface area contributed by atoms with Gasteiger partial charge >= 0.3 is 0 Å². The molecule has 32 heavy (non-hydrogen) atoms. The van der Waals surface area contributed by atoms with Crippen LogP contribution in [0.4, 0.5) is 15.8 Å². The molecule has 5 rings (SSSR count). The number of hydrogen-bond acceptors (Lipinski definition) is 6. The number of fused-ring (bicyclic) bond motifs is 1. The van der Waals surface area contributed by atoms with E-state index in [9.17, 15) is 9.18 Å². The number of carbonyl (C=O) groups excluding carboxylic acids is 1. The van der Waals surface area contributed by atoms with E-state index in [1.807, 2.05) is 42.5 Å². The summed E-state index contributed by atoms with van der Waals surface area (Å²) < 4.78 is 22.3. The number of halogens is 1. The lowest BCUT2D eigenvalue weighted by Crippen LogP contribution is -2.46. The predicted octanol–water partition coefficient (Wildman–Crippen LogP) is 4.40. The molecule has 1 fully saturated rings. The number of amides is 1. The van der Waals surface area contributed by atoms with Crippen molar-refractivity contribution in [1.29, 1.82) is 0 Å². The smallest absolute Gasteiger partial charge is 0.255 e. The minimum absolute atomic E-state index is 0.143. The summed E-state index contributed by atoms with van der Waals surface area (Å²) >= 11 is 1.14. The molecular weight excluding hydrogens is 425 g/mol. The summed E-state index contributed by atoms with van der Waals surface area (Å²) in [5, 5.41) is 2.94. The van der Waals surface area contributed by atoms with Gasteiger partial charge in [-0.3, -0.25) is 9.69 Å². The van der Waals surface area contributed by atoms with Gasteiger partial charge in [-0.25, -0.2) is 4.39 Å². The van der Waals surface area contributed by atoms with Crippen LogP contribution >= 0.6 is 11.7 Å². The van der Waals surface area contributed by atoms with Crippen molar-refractivity contribution >= 4 is 40.0 Å². The lowest BCUT2D eigenvalue weighted by atomic mass is 10.1. The van der Waals surface area contributed by atoms with Gasteiger partial charge in [0.05, 0.1) is 11.7 Å². The van der Waals surface area contributed by atoms with Gasteiger partial charge in [0.15, 0.2) is 0 Å². The Morgan fingerprint density at radius 2 is 1.69 bits per heavy atom. The molecule has 4 aromatic rings. The standard InChI is InChI=1S/C24H22FN5OS/c25-21-4-2-1-3-18(21)16-29-11-13-30(14-12-29)20-8-6-19(7-9-20)26-24(31)17-5-10-22-23(15-17)28-32-27-22/h1-10,15H,11-14,16H2,(H,26,31). The van der Waals surface area contributed by atoms with Crippen molar-refractivity contribution in [2.24, 2.45) is 0 Å². The number of aromatic nitrogens is 2. The van der Waals surface area contributed by atoms with E-state index in [1.54, 1.807) is 18.2 Å². The third kappa shape index (κ3) is 4.46. The Morgan fingerprint density at radius 1 is 0.938 bits per heavy atom. The van der Waals surface area contributed by atoms with Crippen LogP contribution in [0.25, 0.3) is 11.0 Å². The van der Waals surface area contributed by atoms with Gasteiger partial charge < -0.3 is 10.2 Å². The van der Waals surface area contributed by atoms with Crippen LogP contribution in [-0.2, 0) is 6.54 Å². The van der Waals surface area contributed by atoms with Gasteiger partial charge in [-0.1, -0.05) is 18.2 Å². The average molecular weight is 448 g/mol. The third-order valence-corrected chi connectivity index (χ3v) is 6.29. The van der Waals surface area contributed by atoms with E-state index in [-0.39, 0.29) is 11.7 Å². The van der Waals surface area contributed by atoms with Crippen LogP contribution in [0.3, 0.4) is 0 Å². The highest BCUT2D eigenvalue weighted by Crippen LogP contribution is 2.21. The summed E-state index contributed by atoms with van der Waals surface area (Å²) in [6.07, 6.45) is 0. The van der Waals surface area contributed by atoms with Crippen LogP contribution in [0, 0.1) is 5.82 Å². The molecule has 8 heteroatoms. The van der Waals surface area contributed by atoms with E-state index in [1.165, 1.54) is 6.07 Å². The minimum atomic E-state index is -0.172. The molecule has 0 saturated carbocycles. The van der Waals surface area contributed by atoms with Gasteiger partial charge in [-0.2, -0.15) is 8.75 Å². The highest BCUT2D eigenvalue weighted by atomic mass is 32.1. The molecule has 0 unspecified atom stereocenters. The second-order valence-corrected chi connectivity index (χ2v) is 8.35. The first-order valence-corrected chi connectivity index (χ1v) is 11.2. The maximum Gasteiger partial charge on any atom is 0.255 e. The lowest BCUT2D eigenvalue weighted by molar-refractivity contribution is 0.102. The Morgan fingerprint density at radius 3 is 2.47 bits per heavy atom. The number of anilines is 2. The predicted molar refractivity (Wildman–Crippen MR) is 126 cm³/mol. The summed E-state index contributed by atoms with van der Waals surface area (Å²) in [6, 6.07) is 20.2. The highest BCUT2D eigenvalue weighted by molar-refractivity contribution is 7.00. The van der Waals surface area contributed by atoms with Crippen molar-refractivity contribution < 1.29 is 9.18 Å². The zero-order valence-electron chi connectivity index (χ0n) is 17.4. The topological polar surface area (TPSA) is 61.4 Å². The molecule has 2 heterocycles. The van der Waals surface area contributed by atoms with Gasteiger partial charge in [-0.05, 0) is 48.5 Å². The maximum absolute atomic E-state index is 13.9. The maximum atomic E-state index is 13.9. The Bertz CT molecular complexity index is 1230. The molecule has 0 aliphatic carbocycles. The first kappa shape index (κ1) is 20.5. The number of nitrogens with zero attached hydrogens (tertiary/aromatic N) is 4. The van der Waals surface area contributed by atoms with Crippen molar-refractivity contribution in [3.63, 3.8) is 0 Å². The molecule has 1 aromatic heterocycles. The number of rotatable bonds is 5. The van der Waals surface area contributed by atoms with Crippen molar-refractivity contribution in [3.05, 3.63) is 83.7 Å². The Labute approximate surface area is 189 Å². The molecule has 6 nitrogen and oxygen atoms in total. The van der Waals surface area contributed by atoms with Crippen molar-refractivity contribution in [2.75, 3.05) is 36.4 Å². The SMILES string of the molecule is O=C(Nc1ccc(N2CCN(Cc3ccccc3F)CC2)cc1)c1ccc2nsnc2c1. The van der Waals surface area contributed by atoms with E-state index in [0.29, 0.717) is 12.1 Å². The highest BCUT2D eigenvalue weighted by Gasteiger charge is 2.18. The molecule has 1 aliphatic heterocycles. The van der Waals surface area contributed by atoms with Crippen LogP contribution in [0.15, 0.2) is 66.7 Å². The fourth-order valence-corrected chi connectivity index (χ4v) is 4.43. The monoisotopic (exact) mass is 447 g/mol. The van der Waals surface area contributed by atoms with Gasteiger partial charge in [0.2, 0.25) is 0 Å². The second-order valence-electron chi connectivity index (χ2n) is 7.82. The second kappa shape index (κ2) is 9.02. The Balaban J connectivity index is 1.17. The van der Waals surface area contributed by atoms with Gasteiger partial charge in [0.1, 0.15) is 16.9 Å². The number of piperazine rings is 1. The van der Waals surface area contributed by atoms with Crippen LogP contribution in [0.5, 0.6) is 0 Å². The molecule has 0 spiro atoms. The minimum Gasteiger partial charge on any atom is -0.369 e. The Kier molecular flexibility index (Phi) is 5.79. The van der Waals surface area contributed by atoms with Gasteiger partial charge in [-0.15, -0.1) is 0 Å². The van der Waals surface area contributed by atoms with E-state index < -0.39 is 0 Å². The van der Waals surface area contributed by atoms with E-state index in [4.69, 9.17) is 0 Å². The van der Waals surface area contributed by atoms with Gasteiger partial charge in [0, 0.05) is 55.2 Å². The number of hydrogen-bond donors (Lipinski definition) is 1. The summed E-state index contributed by atoms with van der Waals surface area (Å²) in [7, 11) is 0. The van der Waals surface area contributed by atoms with Crippen LogP contribution in [-0.4, -0.2) is 45.7 Å². The molecule has 1 aliphatic rings. The normalized spacial score (nSPS) is 14.6. The third-order valence-electron chi connectivity index (χ3n) is 5.73. The summed E-state index contributed by atoms with van der Waals surface area (Å²) in [5.74, 6) is -0.315. The lowest BCUT2D eigenvalue weighted by Gasteiger charge is -2.36. The van der Waals surface area contributed by atoms with E-state index in [2.05, 4.69) is 23.9 Å². The molecule has 0 bridgehead atoms. The molecule has 3 aromatic carbocycles. The zero-order valence-corrected chi connectivity index (χ0v) is 18.2.